The molecule has 0 spiro atoms. The van der Waals surface area contributed by atoms with Gasteiger partial charge in [0.15, 0.2) is 0 Å². The van der Waals surface area contributed by atoms with Gasteiger partial charge >= 0.3 is 0 Å². The minimum absolute atomic E-state index is 0.0769. The third kappa shape index (κ3) is 3.09. The number of halogens is 1. The molecule has 0 aliphatic carbocycles. The molecule has 5 heteroatoms. The largest absolute Gasteiger partial charge is 0.387 e. The van der Waals surface area contributed by atoms with E-state index >= 15 is 0 Å². The first-order valence-corrected chi connectivity index (χ1v) is 7.42. The van der Waals surface area contributed by atoms with Crippen molar-refractivity contribution < 1.29 is 0 Å². The van der Waals surface area contributed by atoms with Gasteiger partial charge in [-0.15, -0.1) is 11.3 Å². The van der Waals surface area contributed by atoms with Crippen molar-refractivity contribution in [1.82, 2.24) is 4.90 Å². The number of hydrogen-bond acceptors (Lipinski definition) is 3. The Morgan fingerprint density at radius 1 is 1.53 bits per heavy atom. The summed E-state index contributed by atoms with van der Waals surface area (Å²) in [4.78, 5) is 3.84. The predicted octanol–water partition coefficient (Wildman–Crippen LogP) is 3.05. The Morgan fingerprint density at radius 2 is 2.18 bits per heavy atom. The van der Waals surface area contributed by atoms with Crippen LogP contribution in [-0.2, 0) is 6.54 Å². The van der Waals surface area contributed by atoms with Crippen LogP contribution in [0, 0.1) is 10.8 Å². The van der Waals surface area contributed by atoms with Gasteiger partial charge in [0.1, 0.15) is 0 Å². The Kier molecular flexibility index (Phi) is 3.90. The summed E-state index contributed by atoms with van der Waals surface area (Å²) in [7, 11) is 0. The summed E-state index contributed by atoms with van der Waals surface area (Å²) in [6, 6.07) is 4.27. The molecule has 0 saturated carbocycles. The van der Waals surface area contributed by atoms with Crippen LogP contribution < -0.4 is 5.73 Å². The zero-order chi connectivity index (χ0) is 12.5. The fraction of sp³-hybridized carbons (Fsp3) is 0.583. The Bertz CT molecular complexity index is 408. The van der Waals surface area contributed by atoms with E-state index in [9.17, 15) is 0 Å². The van der Waals surface area contributed by atoms with Gasteiger partial charge in [-0.1, -0.05) is 6.92 Å². The molecular formula is C12H18BrN3S. The molecule has 0 unspecified atom stereocenters. The maximum absolute atomic E-state index is 7.63. The molecule has 1 saturated heterocycles. The van der Waals surface area contributed by atoms with Crippen LogP contribution in [0.2, 0.25) is 0 Å². The van der Waals surface area contributed by atoms with E-state index in [2.05, 4.69) is 39.9 Å². The number of hydrogen-bond donors (Lipinski definition) is 2. The van der Waals surface area contributed by atoms with Gasteiger partial charge in [0.2, 0.25) is 0 Å². The van der Waals surface area contributed by atoms with Crippen LogP contribution in [0.4, 0.5) is 0 Å². The van der Waals surface area contributed by atoms with Gasteiger partial charge < -0.3 is 5.73 Å². The normalized spacial score (nSPS) is 20.4. The zero-order valence-electron chi connectivity index (χ0n) is 10.0. The lowest BCUT2D eigenvalue weighted by Gasteiger charge is -2.38. The maximum atomic E-state index is 7.63. The highest BCUT2D eigenvalue weighted by molar-refractivity contribution is 9.11. The van der Waals surface area contributed by atoms with Gasteiger partial charge in [-0.05, 0) is 54.0 Å². The first kappa shape index (κ1) is 13.1. The van der Waals surface area contributed by atoms with Crippen LogP contribution in [0.25, 0.3) is 0 Å². The standard InChI is InChI=1S/C12H18BrN3S/c1-12(11(14)15)4-6-16(7-5-12)8-9-2-3-10(13)17-9/h2-3H,4-8H2,1H3,(H3,14,15). The average Bonchev–Trinajstić information content (AvgIpc) is 2.67. The molecule has 1 aliphatic heterocycles. The van der Waals surface area contributed by atoms with E-state index in [1.807, 2.05) is 0 Å². The number of rotatable bonds is 3. The van der Waals surface area contributed by atoms with E-state index in [1.165, 1.54) is 8.66 Å². The molecule has 2 rings (SSSR count). The summed E-state index contributed by atoms with van der Waals surface area (Å²) >= 11 is 5.29. The number of piperidine rings is 1. The third-order valence-corrected chi connectivity index (χ3v) is 5.23. The second kappa shape index (κ2) is 5.08. The first-order chi connectivity index (χ1) is 7.99. The molecule has 0 bridgehead atoms. The van der Waals surface area contributed by atoms with Crippen molar-refractivity contribution in [2.45, 2.75) is 26.3 Å². The number of nitrogens with one attached hydrogen (secondary N) is 1. The van der Waals surface area contributed by atoms with Crippen molar-refractivity contribution in [2.24, 2.45) is 11.1 Å². The Morgan fingerprint density at radius 3 is 2.65 bits per heavy atom. The number of amidine groups is 1. The monoisotopic (exact) mass is 315 g/mol. The summed E-state index contributed by atoms with van der Waals surface area (Å²) in [6.45, 7) is 5.19. The highest BCUT2D eigenvalue weighted by Crippen LogP contribution is 2.32. The molecular weight excluding hydrogens is 298 g/mol. The fourth-order valence-corrected chi connectivity index (χ4v) is 3.66. The lowest BCUT2D eigenvalue weighted by atomic mass is 9.79. The summed E-state index contributed by atoms with van der Waals surface area (Å²) in [5, 5.41) is 7.63. The van der Waals surface area contributed by atoms with Crippen molar-refractivity contribution in [3.8, 4) is 0 Å². The number of likely N-dealkylation sites (tertiary alicyclic amines) is 1. The minimum Gasteiger partial charge on any atom is -0.387 e. The molecule has 1 fully saturated rings. The maximum Gasteiger partial charge on any atom is 0.0966 e. The summed E-state index contributed by atoms with van der Waals surface area (Å²) in [6.07, 6.45) is 1.99. The zero-order valence-corrected chi connectivity index (χ0v) is 12.4. The number of nitrogens with two attached hydrogens (primary N) is 1. The highest BCUT2D eigenvalue weighted by Gasteiger charge is 2.32. The van der Waals surface area contributed by atoms with Crippen molar-refractivity contribution in [3.05, 3.63) is 20.8 Å². The molecule has 94 valence electrons. The van der Waals surface area contributed by atoms with Crippen LogP contribution in [0.15, 0.2) is 15.9 Å². The molecule has 0 amide bonds. The molecule has 17 heavy (non-hydrogen) atoms. The van der Waals surface area contributed by atoms with Gasteiger partial charge in [-0.3, -0.25) is 10.3 Å². The Labute approximate surface area is 115 Å². The molecule has 1 aromatic rings. The van der Waals surface area contributed by atoms with E-state index in [4.69, 9.17) is 11.1 Å². The van der Waals surface area contributed by atoms with Gasteiger partial charge in [0, 0.05) is 16.8 Å². The van der Waals surface area contributed by atoms with Crippen molar-refractivity contribution in [1.29, 1.82) is 5.41 Å². The summed E-state index contributed by atoms with van der Waals surface area (Å²) in [5.74, 6) is 0.344. The van der Waals surface area contributed by atoms with Crippen LogP contribution in [0.1, 0.15) is 24.6 Å². The van der Waals surface area contributed by atoms with Gasteiger partial charge in [0.25, 0.3) is 0 Å². The Balaban J connectivity index is 1.89. The van der Waals surface area contributed by atoms with E-state index in [0.29, 0.717) is 5.84 Å². The number of nitrogens with zero attached hydrogens (tertiary/aromatic N) is 1. The molecule has 0 atom stereocenters. The lowest BCUT2D eigenvalue weighted by Crippen LogP contribution is -2.44. The summed E-state index contributed by atoms with van der Waals surface area (Å²) in [5.41, 5.74) is 5.59. The van der Waals surface area contributed by atoms with Gasteiger partial charge in [-0.25, -0.2) is 0 Å². The van der Waals surface area contributed by atoms with E-state index in [0.717, 1.165) is 32.5 Å². The van der Waals surface area contributed by atoms with Crippen molar-refractivity contribution in [2.75, 3.05) is 13.1 Å². The quantitative estimate of drug-likeness (QED) is 0.665. The van der Waals surface area contributed by atoms with Gasteiger partial charge in [-0.2, -0.15) is 0 Å². The van der Waals surface area contributed by atoms with Crippen LogP contribution >= 0.6 is 27.3 Å². The second-order valence-corrected chi connectivity index (χ2v) is 7.50. The molecule has 2 heterocycles. The predicted molar refractivity (Wildman–Crippen MR) is 76.6 cm³/mol. The molecule has 1 aromatic heterocycles. The first-order valence-electron chi connectivity index (χ1n) is 5.81. The molecule has 3 nitrogen and oxygen atoms in total. The third-order valence-electron chi connectivity index (χ3n) is 3.62. The molecule has 0 aromatic carbocycles. The smallest absolute Gasteiger partial charge is 0.0966 e. The van der Waals surface area contributed by atoms with Crippen LogP contribution in [0.3, 0.4) is 0 Å². The average molecular weight is 316 g/mol. The van der Waals surface area contributed by atoms with Gasteiger partial charge in [0.05, 0.1) is 9.62 Å². The fourth-order valence-electron chi connectivity index (χ4n) is 2.13. The van der Waals surface area contributed by atoms with Crippen LogP contribution in [0.5, 0.6) is 0 Å². The Hall–Kier alpha value is -0.390. The highest BCUT2D eigenvalue weighted by atomic mass is 79.9. The van der Waals surface area contributed by atoms with Crippen molar-refractivity contribution >= 4 is 33.1 Å². The minimum atomic E-state index is -0.0769. The lowest BCUT2D eigenvalue weighted by molar-refractivity contribution is 0.157. The van der Waals surface area contributed by atoms with Crippen molar-refractivity contribution in [3.63, 3.8) is 0 Å². The van der Waals surface area contributed by atoms with E-state index < -0.39 is 0 Å². The van der Waals surface area contributed by atoms with E-state index in [1.54, 1.807) is 11.3 Å². The topological polar surface area (TPSA) is 53.1 Å². The SMILES string of the molecule is CC1(C(=N)N)CCN(Cc2ccc(Br)s2)CC1. The van der Waals surface area contributed by atoms with E-state index in [-0.39, 0.29) is 5.41 Å². The summed E-state index contributed by atoms with van der Waals surface area (Å²) < 4.78 is 1.19. The molecule has 0 radical (unpaired) electrons. The molecule has 1 aliphatic rings. The number of thiophene rings is 1. The second-order valence-electron chi connectivity index (χ2n) is 4.96. The molecule has 3 N–H and O–H groups in total. The van der Waals surface area contributed by atoms with Crippen LogP contribution in [-0.4, -0.2) is 23.8 Å².